The van der Waals surface area contributed by atoms with Crippen molar-refractivity contribution < 1.29 is 8.42 Å². The van der Waals surface area contributed by atoms with E-state index in [1.165, 1.54) is 22.5 Å². The van der Waals surface area contributed by atoms with Gasteiger partial charge in [-0.05, 0) is 36.5 Å². The fraction of sp³-hybridized carbons (Fsp3) is 0.500. The third-order valence-corrected chi connectivity index (χ3v) is 6.14. The second-order valence-electron chi connectivity index (χ2n) is 5.83. The van der Waals surface area contributed by atoms with Crippen molar-refractivity contribution in [2.24, 2.45) is 5.41 Å². The Hall–Kier alpha value is -1.09. The third kappa shape index (κ3) is 2.98. The molecular formula is C14H17ClN2O2S. The van der Waals surface area contributed by atoms with Crippen molar-refractivity contribution in [3.05, 3.63) is 28.8 Å². The lowest BCUT2D eigenvalue weighted by atomic mass is 9.83. The van der Waals surface area contributed by atoms with Gasteiger partial charge in [0.15, 0.2) is 0 Å². The van der Waals surface area contributed by atoms with Gasteiger partial charge in [-0.25, -0.2) is 8.42 Å². The minimum Gasteiger partial charge on any atom is -0.207 e. The number of hydrogen-bond acceptors (Lipinski definition) is 3. The lowest BCUT2D eigenvalue weighted by Crippen LogP contribution is -2.41. The standard InChI is InChI=1S/C14H17ClN2O2S/c1-14(2)5-7-17(8-6-14)20(18,19)13-4-3-11(10-16)9-12(13)15/h3-4,9H,5-8H2,1-2H3. The minimum absolute atomic E-state index is 0.0814. The summed E-state index contributed by atoms with van der Waals surface area (Å²) in [4.78, 5) is 0.0814. The molecule has 1 fully saturated rings. The van der Waals surface area contributed by atoms with Crippen LogP contribution in [0.2, 0.25) is 5.02 Å². The molecule has 1 aromatic rings. The van der Waals surface area contributed by atoms with Gasteiger partial charge in [-0.15, -0.1) is 0 Å². The Bertz CT molecular complexity index is 652. The molecule has 0 bridgehead atoms. The van der Waals surface area contributed by atoms with Gasteiger partial charge < -0.3 is 0 Å². The van der Waals surface area contributed by atoms with E-state index >= 15 is 0 Å². The average molecular weight is 313 g/mol. The van der Waals surface area contributed by atoms with Crippen LogP contribution < -0.4 is 0 Å². The van der Waals surface area contributed by atoms with E-state index in [0.717, 1.165) is 12.8 Å². The van der Waals surface area contributed by atoms with Crippen molar-refractivity contribution in [1.82, 2.24) is 4.31 Å². The topological polar surface area (TPSA) is 61.2 Å². The van der Waals surface area contributed by atoms with Crippen LogP contribution in [0.3, 0.4) is 0 Å². The van der Waals surface area contributed by atoms with Crippen LogP contribution in [-0.4, -0.2) is 25.8 Å². The molecular weight excluding hydrogens is 296 g/mol. The van der Waals surface area contributed by atoms with E-state index < -0.39 is 10.0 Å². The molecule has 0 saturated carbocycles. The smallest absolute Gasteiger partial charge is 0.207 e. The first-order valence-electron chi connectivity index (χ1n) is 6.46. The molecule has 1 aliphatic heterocycles. The number of hydrogen-bond donors (Lipinski definition) is 0. The second-order valence-corrected chi connectivity index (χ2v) is 8.14. The maximum absolute atomic E-state index is 12.6. The first kappa shape index (κ1) is 15.3. The first-order valence-corrected chi connectivity index (χ1v) is 8.28. The summed E-state index contributed by atoms with van der Waals surface area (Å²) in [6.07, 6.45) is 1.67. The largest absolute Gasteiger partial charge is 0.244 e. The highest BCUT2D eigenvalue weighted by Gasteiger charge is 2.33. The van der Waals surface area contributed by atoms with Crippen molar-refractivity contribution in [1.29, 1.82) is 5.26 Å². The Balaban J connectivity index is 2.30. The lowest BCUT2D eigenvalue weighted by molar-refractivity contribution is 0.196. The fourth-order valence-electron chi connectivity index (χ4n) is 2.25. The van der Waals surface area contributed by atoms with E-state index in [1.807, 2.05) is 6.07 Å². The van der Waals surface area contributed by atoms with Gasteiger partial charge in [0.1, 0.15) is 4.90 Å². The quantitative estimate of drug-likeness (QED) is 0.843. The molecule has 0 atom stereocenters. The summed E-state index contributed by atoms with van der Waals surface area (Å²) < 4.78 is 26.6. The van der Waals surface area contributed by atoms with Crippen LogP contribution in [0.5, 0.6) is 0 Å². The van der Waals surface area contributed by atoms with Gasteiger partial charge in [-0.2, -0.15) is 9.57 Å². The van der Waals surface area contributed by atoms with Crippen LogP contribution in [-0.2, 0) is 10.0 Å². The van der Waals surface area contributed by atoms with Crippen molar-refractivity contribution in [2.45, 2.75) is 31.6 Å². The molecule has 0 unspecified atom stereocenters. The normalized spacial score (nSPS) is 19.5. The Morgan fingerprint density at radius 3 is 2.40 bits per heavy atom. The Morgan fingerprint density at radius 2 is 1.90 bits per heavy atom. The van der Waals surface area contributed by atoms with Crippen molar-refractivity contribution in [3.8, 4) is 6.07 Å². The molecule has 6 heteroatoms. The Labute approximate surface area is 125 Å². The van der Waals surface area contributed by atoms with Gasteiger partial charge in [0, 0.05) is 13.1 Å². The SMILES string of the molecule is CC1(C)CCN(S(=O)(=O)c2ccc(C#N)cc2Cl)CC1. The lowest BCUT2D eigenvalue weighted by Gasteiger charge is -2.36. The summed E-state index contributed by atoms with van der Waals surface area (Å²) >= 11 is 6.01. The van der Waals surface area contributed by atoms with E-state index in [9.17, 15) is 8.42 Å². The number of sulfonamides is 1. The fourth-order valence-corrected chi connectivity index (χ4v) is 4.21. The van der Waals surface area contributed by atoms with Gasteiger partial charge in [-0.1, -0.05) is 25.4 Å². The number of halogens is 1. The van der Waals surface area contributed by atoms with Crippen LogP contribution in [0.25, 0.3) is 0 Å². The molecule has 0 aromatic heterocycles. The number of rotatable bonds is 2. The highest BCUT2D eigenvalue weighted by atomic mass is 35.5. The molecule has 0 aliphatic carbocycles. The molecule has 1 heterocycles. The molecule has 0 radical (unpaired) electrons. The molecule has 20 heavy (non-hydrogen) atoms. The minimum atomic E-state index is -3.58. The summed E-state index contributed by atoms with van der Waals surface area (Å²) in [7, 11) is -3.58. The van der Waals surface area contributed by atoms with Crippen molar-refractivity contribution in [3.63, 3.8) is 0 Å². The van der Waals surface area contributed by atoms with Crippen LogP contribution in [0.15, 0.2) is 23.1 Å². The van der Waals surface area contributed by atoms with Crippen LogP contribution in [0.4, 0.5) is 0 Å². The maximum atomic E-state index is 12.6. The summed E-state index contributed by atoms with van der Waals surface area (Å²) in [6, 6.07) is 6.23. The number of piperidine rings is 1. The molecule has 0 N–H and O–H groups in total. The molecule has 2 rings (SSSR count). The zero-order chi connectivity index (χ0) is 15.0. The summed E-state index contributed by atoms with van der Waals surface area (Å²) in [6.45, 7) is 5.30. The van der Waals surface area contributed by atoms with E-state index in [0.29, 0.717) is 18.7 Å². The van der Waals surface area contributed by atoms with Crippen molar-refractivity contribution >= 4 is 21.6 Å². The van der Waals surface area contributed by atoms with Gasteiger partial charge in [-0.3, -0.25) is 0 Å². The summed E-state index contributed by atoms with van der Waals surface area (Å²) in [5, 5.41) is 8.90. The molecule has 108 valence electrons. The van der Waals surface area contributed by atoms with Gasteiger partial charge in [0.25, 0.3) is 0 Å². The Kier molecular flexibility index (Phi) is 4.10. The van der Waals surface area contributed by atoms with E-state index in [2.05, 4.69) is 13.8 Å². The predicted octanol–water partition coefficient (Wildman–Crippen LogP) is 3.02. The molecule has 1 aliphatic rings. The van der Waals surface area contributed by atoms with E-state index in [1.54, 1.807) is 0 Å². The van der Waals surface area contributed by atoms with Gasteiger partial charge in [0.2, 0.25) is 10.0 Å². The number of nitrogens with zero attached hydrogens (tertiary/aromatic N) is 2. The first-order chi connectivity index (χ1) is 9.26. The molecule has 0 amide bonds. The average Bonchev–Trinajstić information content (AvgIpc) is 2.37. The maximum Gasteiger partial charge on any atom is 0.244 e. The molecule has 0 spiro atoms. The third-order valence-electron chi connectivity index (χ3n) is 3.75. The van der Waals surface area contributed by atoms with Gasteiger partial charge >= 0.3 is 0 Å². The Morgan fingerprint density at radius 1 is 1.30 bits per heavy atom. The monoisotopic (exact) mass is 312 g/mol. The summed E-state index contributed by atoms with van der Waals surface area (Å²) in [5.41, 5.74) is 0.536. The molecule has 1 saturated heterocycles. The molecule has 4 nitrogen and oxygen atoms in total. The highest BCUT2D eigenvalue weighted by Crippen LogP contribution is 2.34. The zero-order valence-corrected chi connectivity index (χ0v) is 13.1. The molecule has 1 aromatic carbocycles. The van der Waals surface area contributed by atoms with Crippen molar-refractivity contribution in [2.75, 3.05) is 13.1 Å². The van der Waals surface area contributed by atoms with Gasteiger partial charge in [0.05, 0.1) is 16.7 Å². The second kappa shape index (κ2) is 5.36. The van der Waals surface area contributed by atoms with Crippen LogP contribution in [0, 0.1) is 16.7 Å². The predicted molar refractivity (Wildman–Crippen MR) is 77.9 cm³/mol. The van der Waals surface area contributed by atoms with Crippen LogP contribution >= 0.6 is 11.6 Å². The zero-order valence-electron chi connectivity index (χ0n) is 11.6. The number of benzene rings is 1. The van der Waals surface area contributed by atoms with E-state index in [-0.39, 0.29) is 15.3 Å². The van der Waals surface area contributed by atoms with Crippen LogP contribution in [0.1, 0.15) is 32.3 Å². The van der Waals surface area contributed by atoms with E-state index in [4.69, 9.17) is 16.9 Å². The summed E-state index contributed by atoms with van der Waals surface area (Å²) in [5.74, 6) is 0. The highest BCUT2D eigenvalue weighted by molar-refractivity contribution is 7.89. The number of nitriles is 1.